The van der Waals surface area contributed by atoms with Crippen LogP contribution < -0.4 is 5.32 Å². The van der Waals surface area contributed by atoms with Crippen LogP contribution >= 0.6 is 0 Å². The summed E-state index contributed by atoms with van der Waals surface area (Å²) >= 11 is 0. The van der Waals surface area contributed by atoms with Crippen molar-refractivity contribution in [3.05, 3.63) is 0 Å². The standard InChI is InChI=1S/C7H12FNO2/c1-11-7(10)6-3-2-5(8)4-9-6/h5-6,9H,2-4H2,1H3/p+1. The number of esters is 1. The molecular weight excluding hydrogens is 149 g/mol. The number of carbonyl (C=O) groups is 1. The summed E-state index contributed by atoms with van der Waals surface area (Å²) in [6, 6.07) is -0.174. The van der Waals surface area contributed by atoms with Crippen molar-refractivity contribution in [3.8, 4) is 0 Å². The Labute approximate surface area is 64.9 Å². The van der Waals surface area contributed by atoms with Gasteiger partial charge >= 0.3 is 5.97 Å². The second-order valence-corrected chi connectivity index (χ2v) is 2.78. The predicted molar refractivity (Wildman–Crippen MR) is 36.7 cm³/mol. The summed E-state index contributed by atoms with van der Waals surface area (Å²) in [6.45, 7) is 0.389. The van der Waals surface area contributed by atoms with Crippen LogP contribution in [0.25, 0.3) is 0 Å². The first-order chi connectivity index (χ1) is 5.24. The first kappa shape index (κ1) is 8.46. The Morgan fingerprint density at radius 1 is 1.64 bits per heavy atom. The van der Waals surface area contributed by atoms with Crippen LogP contribution in [0.15, 0.2) is 0 Å². The van der Waals surface area contributed by atoms with Crippen molar-refractivity contribution in [1.29, 1.82) is 0 Å². The van der Waals surface area contributed by atoms with Gasteiger partial charge in [-0.3, -0.25) is 0 Å². The molecule has 0 radical (unpaired) electrons. The maximum absolute atomic E-state index is 12.5. The number of ether oxygens (including phenoxy) is 1. The highest BCUT2D eigenvalue weighted by Gasteiger charge is 2.29. The maximum atomic E-state index is 12.5. The number of hydrogen-bond donors (Lipinski definition) is 1. The first-order valence-corrected chi connectivity index (χ1v) is 3.79. The molecule has 4 heteroatoms. The molecule has 64 valence electrons. The monoisotopic (exact) mass is 162 g/mol. The fourth-order valence-corrected chi connectivity index (χ4v) is 1.27. The van der Waals surface area contributed by atoms with E-state index in [9.17, 15) is 9.18 Å². The summed E-state index contributed by atoms with van der Waals surface area (Å²) in [4.78, 5) is 10.9. The minimum absolute atomic E-state index is 0.174. The van der Waals surface area contributed by atoms with Gasteiger partial charge in [0.1, 0.15) is 12.7 Å². The highest BCUT2D eigenvalue weighted by Crippen LogP contribution is 2.06. The minimum atomic E-state index is -0.754. The van der Waals surface area contributed by atoms with E-state index >= 15 is 0 Å². The molecule has 0 saturated carbocycles. The number of carbonyl (C=O) groups excluding carboxylic acids is 1. The van der Waals surface area contributed by atoms with Gasteiger partial charge in [-0.15, -0.1) is 0 Å². The lowest BCUT2D eigenvalue weighted by Crippen LogP contribution is -2.95. The van der Waals surface area contributed by atoms with Gasteiger partial charge in [0.15, 0.2) is 6.04 Å². The molecule has 0 aromatic rings. The summed E-state index contributed by atoms with van der Waals surface area (Å²) in [5, 5.41) is 1.71. The molecule has 2 unspecified atom stereocenters. The molecule has 1 rings (SSSR count). The summed E-state index contributed by atoms with van der Waals surface area (Å²) in [6.07, 6.45) is 0.320. The second-order valence-electron chi connectivity index (χ2n) is 2.78. The van der Waals surface area contributed by atoms with E-state index in [4.69, 9.17) is 0 Å². The van der Waals surface area contributed by atoms with E-state index in [2.05, 4.69) is 4.74 Å². The average molecular weight is 162 g/mol. The highest BCUT2D eigenvalue weighted by molar-refractivity contribution is 5.73. The van der Waals surface area contributed by atoms with Crippen molar-refractivity contribution in [2.45, 2.75) is 25.1 Å². The Morgan fingerprint density at radius 2 is 2.36 bits per heavy atom. The number of rotatable bonds is 1. The number of methoxy groups -OCH3 is 1. The highest BCUT2D eigenvalue weighted by atomic mass is 19.1. The molecule has 11 heavy (non-hydrogen) atoms. The fraction of sp³-hybridized carbons (Fsp3) is 0.857. The quantitative estimate of drug-likeness (QED) is 0.514. The minimum Gasteiger partial charge on any atom is -0.465 e. The molecule has 1 aliphatic rings. The number of hydrogen-bond acceptors (Lipinski definition) is 2. The van der Waals surface area contributed by atoms with E-state index in [0.717, 1.165) is 0 Å². The largest absolute Gasteiger partial charge is 0.465 e. The van der Waals surface area contributed by atoms with Crippen LogP contribution in [0.1, 0.15) is 12.8 Å². The predicted octanol–water partition coefficient (Wildman–Crippen LogP) is -0.777. The normalized spacial score (nSPS) is 31.5. The lowest BCUT2D eigenvalue weighted by molar-refractivity contribution is -0.690. The van der Waals surface area contributed by atoms with Crippen molar-refractivity contribution in [2.75, 3.05) is 13.7 Å². The summed E-state index contributed by atoms with van der Waals surface area (Å²) in [5.41, 5.74) is 0. The Balaban J connectivity index is 2.33. The van der Waals surface area contributed by atoms with E-state index in [1.54, 1.807) is 5.32 Å². The van der Waals surface area contributed by atoms with Crippen LogP contribution in [0.3, 0.4) is 0 Å². The molecule has 0 aromatic carbocycles. The Morgan fingerprint density at radius 3 is 2.82 bits per heavy atom. The van der Waals surface area contributed by atoms with Crippen molar-refractivity contribution in [1.82, 2.24) is 0 Å². The lowest BCUT2D eigenvalue weighted by atomic mass is 10.0. The number of nitrogens with two attached hydrogens (primary N) is 1. The smallest absolute Gasteiger partial charge is 0.364 e. The van der Waals surface area contributed by atoms with Crippen LogP contribution in [0.4, 0.5) is 4.39 Å². The molecule has 0 spiro atoms. The van der Waals surface area contributed by atoms with Crippen molar-refractivity contribution in [3.63, 3.8) is 0 Å². The third-order valence-electron chi connectivity index (χ3n) is 1.97. The van der Waals surface area contributed by atoms with Gasteiger partial charge in [0.05, 0.1) is 7.11 Å². The van der Waals surface area contributed by atoms with Gasteiger partial charge in [-0.25, -0.2) is 9.18 Å². The van der Waals surface area contributed by atoms with Crippen LogP contribution in [0.2, 0.25) is 0 Å². The Bertz CT molecular complexity index is 143. The molecule has 0 amide bonds. The Hall–Kier alpha value is -0.640. The second kappa shape index (κ2) is 3.67. The number of alkyl halides is 1. The van der Waals surface area contributed by atoms with Crippen molar-refractivity contribution < 1.29 is 19.2 Å². The number of halogens is 1. The van der Waals surface area contributed by atoms with E-state index in [1.807, 2.05) is 0 Å². The molecule has 0 aromatic heterocycles. The zero-order valence-corrected chi connectivity index (χ0v) is 6.55. The Kier molecular flexibility index (Phi) is 2.82. The van der Waals surface area contributed by atoms with Gasteiger partial charge in [0, 0.05) is 6.42 Å². The summed E-state index contributed by atoms with van der Waals surface area (Å²) in [5.74, 6) is -0.239. The van der Waals surface area contributed by atoms with Gasteiger partial charge in [-0.05, 0) is 6.42 Å². The zero-order chi connectivity index (χ0) is 8.27. The van der Waals surface area contributed by atoms with Gasteiger partial charge < -0.3 is 10.1 Å². The number of piperidine rings is 1. The lowest BCUT2D eigenvalue weighted by Gasteiger charge is -2.20. The molecule has 1 heterocycles. The van der Waals surface area contributed by atoms with E-state index < -0.39 is 6.17 Å². The molecule has 0 aliphatic carbocycles. The summed E-state index contributed by atoms with van der Waals surface area (Å²) in [7, 11) is 1.36. The topological polar surface area (TPSA) is 42.9 Å². The third-order valence-corrected chi connectivity index (χ3v) is 1.97. The molecule has 1 fully saturated rings. The fourth-order valence-electron chi connectivity index (χ4n) is 1.27. The van der Waals surface area contributed by atoms with Gasteiger partial charge in [-0.2, -0.15) is 0 Å². The summed E-state index contributed by atoms with van der Waals surface area (Å²) < 4.78 is 17.1. The van der Waals surface area contributed by atoms with Crippen LogP contribution in [-0.4, -0.2) is 31.8 Å². The van der Waals surface area contributed by atoms with Gasteiger partial charge in [-0.1, -0.05) is 0 Å². The van der Waals surface area contributed by atoms with E-state index in [-0.39, 0.29) is 12.0 Å². The molecule has 0 bridgehead atoms. The van der Waals surface area contributed by atoms with Crippen molar-refractivity contribution in [2.24, 2.45) is 0 Å². The number of quaternary nitrogens is 1. The van der Waals surface area contributed by atoms with E-state index in [0.29, 0.717) is 19.4 Å². The molecule has 2 N–H and O–H groups in total. The molecular formula is C7H13FNO2+. The van der Waals surface area contributed by atoms with Crippen LogP contribution in [0.5, 0.6) is 0 Å². The molecule has 2 atom stereocenters. The average Bonchev–Trinajstić information content (AvgIpc) is 2.05. The maximum Gasteiger partial charge on any atom is 0.364 e. The SMILES string of the molecule is COC(=O)C1CCC(F)C[NH2+]1. The first-order valence-electron chi connectivity index (χ1n) is 3.79. The van der Waals surface area contributed by atoms with E-state index in [1.165, 1.54) is 7.11 Å². The van der Waals surface area contributed by atoms with Crippen molar-refractivity contribution >= 4 is 5.97 Å². The van der Waals surface area contributed by atoms with Gasteiger partial charge in [0.25, 0.3) is 0 Å². The van der Waals surface area contributed by atoms with Crippen LogP contribution in [0, 0.1) is 0 Å². The van der Waals surface area contributed by atoms with Crippen LogP contribution in [-0.2, 0) is 9.53 Å². The zero-order valence-electron chi connectivity index (χ0n) is 6.55. The molecule has 1 saturated heterocycles. The molecule has 1 aliphatic heterocycles. The third kappa shape index (κ3) is 2.15. The molecule has 3 nitrogen and oxygen atoms in total. The van der Waals surface area contributed by atoms with Gasteiger partial charge in [0.2, 0.25) is 0 Å².